The molecular weight excluding hydrogens is 592 g/mol. The number of unbranched alkanes of at least 4 members (excludes halogenated alkanes) is 16. The number of nitrogens with one attached hydrogen (secondary N) is 1. The van der Waals surface area contributed by atoms with Crippen molar-refractivity contribution in [3.05, 3.63) is 41.7 Å². The molecule has 1 aromatic rings. The Morgan fingerprint density at radius 2 is 1.14 bits per heavy atom. The van der Waals surface area contributed by atoms with Crippen molar-refractivity contribution in [2.24, 2.45) is 0 Å². The summed E-state index contributed by atoms with van der Waals surface area (Å²) in [5.74, 6) is -0.185. The van der Waals surface area contributed by atoms with Gasteiger partial charge in [0, 0.05) is 37.1 Å². The van der Waals surface area contributed by atoms with Crippen LogP contribution in [0.1, 0.15) is 143 Å². The maximum Gasteiger partial charge on any atom is 0.407 e. The number of alkyl carbamates (subject to hydrolysis) is 1. The molecule has 1 heterocycles. The average Bonchev–Trinajstić information content (AvgIpc) is 2.97. The molecule has 6 nitrogen and oxygen atoms in total. The summed E-state index contributed by atoms with van der Waals surface area (Å²) in [6, 6.07) is 6.13. The minimum atomic E-state index is -0.403. The lowest BCUT2D eigenvalue weighted by Crippen LogP contribution is -3.00. The topological polar surface area (TPSA) is 68.5 Å². The monoisotopic (exact) mass is 652 g/mol. The highest BCUT2D eigenvalue weighted by Gasteiger charge is 2.10. The van der Waals surface area contributed by atoms with Crippen molar-refractivity contribution >= 4 is 12.1 Å². The third kappa shape index (κ3) is 24.7. The van der Waals surface area contributed by atoms with E-state index in [1.54, 1.807) is 0 Å². The van der Waals surface area contributed by atoms with Crippen molar-refractivity contribution in [1.29, 1.82) is 0 Å². The number of carbonyl (C=O) groups is 2. The van der Waals surface area contributed by atoms with Crippen LogP contribution in [0.2, 0.25) is 0 Å². The van der Waals surface area contributed by atoms with Crippen LogP contribution in [-0.2, 0) is 20.8 Å². The predicted molar refractivity (Wildman–Crippen MR) is 169 cm³/mol. The Hall–Kier alpha value is -1.89. The van der Waals surface area contributed by atoms with Crippen molar-refractivity contribution in [3.63, 3.8) is 0 Å². The van der Waals surface area contributed by atoms with Crippen molar-refractivity contribution in [2.75, 3.05) is 19.8 Å². The van der Waals surface area contributed by atoms with Crippen LogP contribution in [0.5, 0.6) is 0 Å². The summed E-state index contributed by atoms with van der Waals surface area (Å²) in [5.41, 5.74) is 1.85. The number of hydrogen-bond acceptors (Lipinski definition) is 4. The Balaban J connectivity index is 0.0000168. The Bertz CT molecular complexity index is 812. The molecule has 0 bridgehead atoms. The molecule has 0 aliphatic rings. The standard InChI is InChI=1S/C35H60N2O4.BrH/c1-4-5-6-7-8-9-10-11-12-13-14-17-21-26-36-35(39)41-31-33(32(2)3)30-40-34(38)25-20-16-15-18-22-27-37-28-23-19-24-29-37;/h19,23-24,28-29H,4-18,20-22,25-27,30-31H2,1-3H3;1H. The zero-order chi connectivity index (χ0) is 29.8. The number of pyridine rings is 1. The molecule has 42 heavy (non-hydrogen) atoms. The number of carbonyl (C=O) groups excluding carboxylic acids is 2. The van der Waals surface area contributed by atoms with Gasteiger partial charge >= 0.3 is 12.1 Å². The molecule has 242 valence electrons. The summed E-state index contributed by atoms with van der Waals surface area (Å²) in [4.78, 5) is 24.3. The van der Waals surface area contributed by atoms with E-state index in [4.69, 9.17) is 9.47 Å². The van der Waals surface area contributed by atoms with Gasteiger partial charge < -0.3 is 31.8 Å². The van der Waals surface area contributed by atoms with E-state index in [9.17, 15) is 9.59 Å². The molecule has 0 unspecified atom stereocenters. The molecular formula is C35H61BrN2O4. The summed E-state index contributed by atoms with van der Waals surface area (Å²) < 4.78 is 13.0. The zero-order valence-corrected chi connectivity index (χ0v) is 28.7. The molecule has 1 rings (SSSR count). The number of halogens is 1. The number of amides is 1. The second kappa shape index (κ2) is 29.2. The van der Waals surface area contributed by atoms with Crippen LogP contribution in [-0.4, -0.2) is 31.8 Å². The zero-order valence-electron chi connectivity index (χ0n) is 27.1. The van der Waals surface area contributed by atoms with E-state index >= 15 is 0 Å². The minimum absolute atomic E-state index is 0. The number of nitrogens with zero attached hydrogens (tertiary/aromatic N) is 1. The van der Waals surface area contributed by atoms with Gasteiger partial charge in [-0.25, -0.2) is 9.36 Å². The second-order valence-corrected chi connectivity index (χ2v) is 11.6. The lowest BCUT2D eigenvalue weighted by Gasteiger charge is -2.12. The smallest absolute Gasteiger partial charge is 0.407 e. The summed E-state index contributed by atoms with van der Waals surface area (Å²) >= 11 is 0. The molecule has 0 fully saturated rings. The molecule has 0 aromatic carbocycles. The molecule has 0 saturated heterocycles. The molecule has 0 spiro atoms. The van der Waals surface area contributed by atoms with E-state index in [2.05, 4.69) is 41.3 Å². The maximum atomic E-state index is 12.2. The van der Waals surface area contributed by atoms with E-state index in [1.165, 1.54) is 70.6 Å². The largest absolute Gasteiger partial charge is 1.00 e. The number of rotatable bonds is 26. The molecule has 1 amide bonds. The van der Waals surface area contributed by atoms with E-state index in [-0.39, 0.29) is 36.2 Å². The molecule has 0 atom stereocenters. The quantitative estimate of drug-likeness (QED) is 0.0576. The van der Waals surface area contributed by atoms with Gasteiger partial charge in [-0.3, -0.25) is 4.79 Å². The van der Waals surface area contributed by atoms with E-state index < -0.39 is 6.09 Å². The number of ether oxygens (including phenoxy) is 2. The second-order valence-electron chi connectivity index (χ2n) is 11.6. The third-order valence-electron chi connectivity index (χ3n) is 7.62. The van der Waals surface area contributed by atoms with Crippen molar-refractivity contribution in [1.82, 2.24) is 5.32 Å². The number of allylic oxidation sites excluding steroid dienone is 1. The number of hydrogen-bond donors (Lipinski definition) is 1. The fourth-order valence-electron chi connectivity index (χ4n) is 4.78. The average molecular weight is 654 g/mol. The van der Waals surface area contributed by atoms with Gasteiger partial charge in [0.25, 0.3) is 0 Å². The first-order chi connectivity index (χ1) is 20.0. The first-order valence-corrected chi connectivity index (χ1v) is 16.7. The minimum Gasteiger partial charge on any atom is -1.00 e. The van der Waals surface area contributed by atoms with Gasteiger partial charge in [0.05, 0.1) is 0 Å². The molecule has 0 radical (unpaired) electrons. The SMILES string of the molecule is CCCCCCCCCCCCCCCNC(=O)OCC(COC(=O)CCCCCCC[n+]1ccccc1)=C(C)C.[Br-]. The van der Waals surface area contributed by atoms with Gasteiger partial charge in [0.2, 0.25) is 0 Å². The molecule has 0 aliphatic carbocycles. The summed E-state index contributed by atoms with van der Waals surface area (Å²) in [6.45, 7) is 8.18. The van der Waals surface area contributed by atoms with Crippen LogP contribution < -0.4 is 26.9 Å². The van der Waals surface area contributed by atoms with Crippen LogP contribution >= 0.6 is 0 Å². The normalized spacial score (nSPS) is 10.5. The number of aromatic nitrogens is 1. The van der Waals surface area contributed by atoms with Crippen molar-refractivity contribution in [2.45, 2.75) is 149 Å². The Kier molecular flexibility index (Phi) is 27.9. The highest BCUT2D eigenvalue weighted by atomic mass is 79.9. The van der Waals surface area contributed by atoms with E-state index in [0.717, 1.165) is 62.6 Å². The predicted octanol–water partition coefficient (Wildman–Crippen LogP) is 6.02. The van der Waals surface area contributed by atoms with Gasteiger partial charge in [0.15, 0.2) is 12.4 Å². The van der Waals surface area contributed by atoms with Crippen molar-refractivity contribution in [3.8, 4) is 0 Å². The van der Waals surface area contributed by atoms with Crippen LogP contribution in [0.4, 0.5) is 4.79 Å². The van der Waals surface area contributed by atoms with Crippen LogP contribution in [0.25, 0.3) is 0 Å². The molecule has 0 saturated carbocycles. The molecule has 0 aliphatic heterocycles. The Morgan fingerprint density at radius 3 is 1.71 bits per heavy atom. The number of esters is 1. The van der Waals surface area contributed by atoms with Gasteiger partial charge in [-0.05, 0) is 33.1 Å². The third-order valence-corrected chi connectivity index (χ3v) is 7.62. The van der Waals surface area contributed by atoms with E-state index in [0.29, 0.717) is 13.0 Å². The molecule has 7 heteroatoms. The van der Waals surface area contributed by atoms with Crippen LogP contribution in [0.3, 0.4) is 0 Å². The van der Waals surface area contributed by atoms with Gasteiger partial charge in [0.1, 0.15) is 19.8 Å². The van der Waals surface area contributed by atoms with Gasteiger partial charge in [-0.1, -0.05) is 108 Å². The van der Waals surface area contributed by atoms with Gasteiger partial charge in [-0.15, -0.1) is 0 Å². The highest BCUT2D eigenvalue weighted by molar-refractivity contribution is 5.69. The van der Waals surface area contributed by atoms with Crippen LogP contribution in [0.15, 0.2) is 41.7 Å². The first-order valence-electron chi connectivity index (χ1n) is 16.7. The number of aryl methyl sites for hydroxylation is 1. The Labute approximate surface area is 268 Å². The fraction of sp³-hybridized carbons (Fsp3) is 0.743. The summed E-state index contributed by atoms with van der Waals surface area (Å²) in [5, 5.41) is 2.85. The lowest BCUT2D eigenvalue weighted by atomic mass is 10.0. The molecule has 1 aromatic heterocycles. The summed E-state index contributed by atoms with van der Waals surface area (Å²) in [6.07, 6.45) is 26.5. The highest BCUT2D eigenvalue weighted by Crippen LogP contribution is 2.13. The van der Waals surface area contributed by atoms with Gasteiger partial charge in [-0.2, -0.15) is 0 Å². The van der Waals surface area contributed by atoms with Crippen LogP contribution in [0, 0.1) is 0 Å². The van der Waals surface area contributed by atoms with E-state index in [1.807, 2.05) is 19.9 Å². The fourth-order valence-corrected chi connectivity index (χ4v) is 4.78. The maximum absolute atomic E-state index is 12.2. The molecule has 1 N–H and O–H groups in total. The summed E-state index contributed by atoms with van der Waals surface area (Å²) in [7, 11) is 0. The Morgan fingerprint density at radius 1 is 0.643 bits per heavy atom. The first kappa shape index (κ1) is 40.1. The lowest BCUT2D eigenvalue weighted by molar-refractivity contribution is -0.697. The van der Waals surface area contributed by atoms with Crippen molar-refractivity contribution < 1.29 is 40.6 Å².